The van der Waals surface area contributed by atoms with E-state index in [1.807, 2.05) is 0 Å². The maximum absolute atomic E-state index is 12.0. The van der Waals surface area contributed by atoms with E-state index in [0.29, 0.717) is 17.1 Å². The maximum atomic E-state index is 12.0. The van der Waals surface area contributed by atoms with E-state index in [4.69, 9.17) is 5.73 Å². The van der Waals surface area contributed by atoms with Crippen LogP contribution in [0.15, 0.2) is 36.5 Å². The van der Waals surface area contributed by atoms with Gasteiger partial charge in [-0.2, -0.15) is 0 Å². The van der Waals surface area contributed by atoms with Crippen LogP contribution in [0.4, 0.5) is 11.5 Å². The van der Waals surface area contributed by atoms with Gasteiger partial charge in [-0.1, -0.05) is 12.1 Å². The SMILES string of the molecule is Nc1cnc2c(c1)C(=O)NC(c1ccc(O)cc1)N2. The van der Waals surface area contributed by atoms with E-state index in [0.717, 1.165) is 5.56 Å². The number of carbonyl (C=O) groups is 1. The van der Waals surface area contributed by atoms with Crippen LogP contribution in [0, 0.1) is 0 Å². The summed E-state index contributed by atoms with van der Waals surface area (Å²) < 4.78 is 0. The van der Waals surface area contributed by atoms with Crippen molar-refractivity contribution in [3.63, 3.8) is 0 Å². The first-order valence-electron chi connectivity index (χ1n) is 5.75. The summed E-state index contributed by atoms with van der Waals surface area (Å²) in [5, 5.41) is 15.2. The molecule has 2 aromatic rings. The lowest BCUT2D eigenvalue weighted by Crippen LogP contribution is -2.38. The Labute approximate surface area is 109 Å². The Hall–Kier alpha value is -2.76. The minimum atomic E-state index is -0.378. The minimum Gasteiger partial charge on any atom is -0.508 e. The van der Waals surface area contributed by atoms with Crippen LogP contribution < -0.4 is 16.4 Å². The maximum Gasteiger partial charge on any atom is 0.256 e. The molecule has 0 saturated carbocycles. The molecule has 0 aliphatic carbocycles. The normalized spacial score (nSPS) is 17.3. The molecule has 1 amide bonds. The highest BCUT2D eigenvalue weighted by atomic mass is 16.3. The van der Waals surface area contributed by atoms with Crippen LogP contribution >= 0.6 is 0 Å². The molecule has 2 heterocycles. The highest BCUT2D eigenvalue weighted by Crippen LogP contribution is 2.26. The van der Waals surface area contributed by atoms with Crippen LogP contribution in [0.2, 0.25) is 0 Å². The smallest absolute Gasteiger partial charge is 0.256 e. The van der Waals surface area contributed by atoms with Crippen molar-refractivity contribution >= 4 is 17.4 Å². The van der Waals surface area contributed by atoms with Crippen molar-refractivity contribution in [1.29, 1.82) is 0 Å². The molecule has 96 valence electrons. The number of aromatic hydroxyl groups is 1. The molecule has 6 heteroatoms. The molecule has 3 rings (SSSR count). The van der Waals surface area contributed by atoms with Crippen molar-refractivity contribution in [2.75, 3.05) is 11.1 Å². The van der Waals surface area contributed by atoms with Gasteiger partial charge in [-0.15, -0.1) is 0 Å². The Morgan fingerprint density at radius 3 is 2.68 bits per heavy atom. The summed E-state index contributed by atoms with van der Waals surface area (Å²) >= 11 is 0. The number of phenols is 1. The second-order valence-electron chi connectivity index (χ2n) is 4.31. The first-order chi connectivity index (χ1) is 9.13. The van der Waals surface area contributed by atoms with Crippen molar-refractivity contribution in [2.24, 2.45) is 0 Å². The van der Waals surface area contributed by atoms with E-state index in [2.05, 4.69) is 15.6 Å². The summed E-state index contributed by atoms with van der Waals surface area (Å²) in [5.74, 6) is 0.444. The number of nitrogen functional groups attached to an aromatic ring is 1. The molecule has 1 aromatic carbocycles. The van der Waals surface area contributed by atoms with Gasteiger partial charge in [0.15, 0.2) is 0 Å². The molecule has 0 spiro atoms. The molecule has 5 N–H and O–H groups in total. The number of anilines is 2. The van der Waals surface area contributed by atoms with Crippen LogP contribution in [0.5, 0.6) is 5.75 Å². The fraction of sp³-hybridized carbons (Fsp3) is 0.0769. The van der Waals surface area contributed by atoms with Gasteiger partial charge in [-0.3, -0.25) is 4.79 Å². The Morgan fingerprint density at radius 2 is 1.95 bits per heavy atom. The van der Waals surface area contributed by atoms with Crippen LogP contribution in [0.25, 0.3) is 0 Å². The fourth-order valence-corrected chi connectivity index (χ4v) is 1.98. The average molecular weight is 256 g/mol. The summed E-state index contributed by atoms with van der Waals surface area (Å²) in [5.41, 5.74) is 7.31. The zero-order valence-corrected chi connectivity index (χ0v) is 9.92. The number of nitrogens with zero attached hydrogens (tertiary/aromatic N) is 1. The third-order valence-corrected chi connectivity index (χ3v) is 2.94. The van der Waals surface area contributed by atoms with Gasteiger partial charge in [0.2, 0.25) is 0 Å². The largest absolute Gasteiger partial charge is 0.508 e. The zero-order valence-electron chi connectivity index (χ0n) is 9.92. The van der Waals surface area contributed by atoms with Crippen molar-refractivity contribution in [1.82, 2.24) is 10.3 Å². The summed E-state index contributed by atoms with van der Waals surface area (Å²) in [7, 11) is 0. The lowest BCUT2D eigenvalue weighted by Gasteiger charge is -2.27. The fourth-order valence-electron chi connectivity index (χ4n) is 1.98. The van der Waals surface area contributed by atoms with E-state index in [1.165, 1.54) is 6.20 Å². The Morgan fingerprint density at radius 1 is 1.21 bits per heavy atom. The molecular weight excluding hydrogens is 244 g/mol. The van der Waals surface area contributed by atoms with E-state index in [1.54, 1.807) is 30.3 Å². The van der Waals surface area contributed by atoms with E-state index < -0.39 is 0 Å². The number of hydrogen-bond donors (Lipinski definition) is 4. The van der Waals surface area contributed by atoms with Gasteiger partial charge < -0.3 is 21.5 Å². The number of fused-ring (bicyclic) bond motifs is 1. The van der Waals surface area contributed by atoms with Gasteiger partial charge in [0, 0.05) is 0 Å². The monoisotopic (exact) mass is 256 g/mol. The van der Waals surface area contributed by atoms with Gasteiger partial charge >= 0.3 is 0 Å². The number of phenolic OH excluding ortho intramolecular Hbond substituents is 1. The highest BCUT2D eigenvalue weighted by molar-refractivity contribution is 6.01. The summed E-state index contributed by atoms with van der Waals surface area (Å²) in [6, 6.07) is 8.17. The van der Waals surface area contributed by atoms with Gasteiger partial charge in [-0.05, 0) is 23.8 Å². The number of benzene rings is 1. The number of carbonyl (C=O) groups excluding carboxylic acids is 1. The Balaban J connectivity index is 1.95. The van der Waals surface area contributed by atoms with Crippen molar-refractivity contribution in [2.45, 2.75) is 6.17 Å². The lowest BCUT2D eigenvalue weighted by molar-refractivity contribution is 0.0935. The average Bonchev–Trinajstić information content (AvgIpc) is 2.40. The van der Waals surface area contributed by atoms with Crippen molar-refractivity contribution < 1.29 is 9.90 Å². The number of nitrogens with one attached hydrogen (secondary N) is 2. The van der Waals surface area contributed by atoms with E-state index in [9.17, 15) is 9.90 Å². The summed E-state index contributed by atoms with van der Waals surface area (Å²) in [4.78, 5) is 16.1. The van der Waals surface area contributed by atoms with E-state index >= 15 is 0 Å². The molecule has 1 atom stereocenters. The van der Waals surface area contributed by atoms with Crippen LogP contribution in [-0.2, 0) is 0 Å². The number of nitrogens with two attached hydrogens (primary N) is 1. The molecule has 1 aliphatic rings. The zero-order chi connectivity index (χ0) is 13.4. The molecule has 19 heavy (non-hydrogen) atoms. The van der Waals surface area contributed by atoms with Gasteiger partial charge in [0.25, 0.3) is 5.91 Å². The number of amides is 1. The second-order valence-corrected chi connectivity index (χ2v) is 4.31. The highest BCUT2D eigenvalue weighted by Gasteiger charge is 2.25. The van der Waals surface area contributed by atoms with Gasteiger partial charge in [0.05, 0.1) is 17.4 Å². The lowest BCUT2D eigenvalue weighted by atomic mass is 10.1. The predicted octanol–water partition coefficient (Wildman–Crippen LogP) is 1.22. The third kappa shape index (κ3) is 2.03. The third-order valence-electron chi connectivity index (χ3n) is 2.94. The number of aromatic nitrogens is 1. The molecule has 1 aromatic heterocycles. The van der Waals surface area contributed by atoms with Crippen LogP contribution in [-0.4, -0.2) is 16.0 Å². The van der Waals surface area contributed by atoms with Crippen LogP contribution in [0.1, 0.15) is 22.1 Å². The second kappa shape index (κ2) is 4.16. The summed E-state index contributed by atoms with van der Waals surface area (Å²) in [6.45, 7) is 0. The number of pyridine rings is 1. The van der Waals surface area contributed by atoms with Crippen molar-refractivity contribution in [3.05, 3.63) is 47.7 Å². The first-order valence-corrected chi connectivity index (χ1v) is 5.75. The molecular formula is C13H12N4O2. The van der Waals surface area contributed by atoms with E-state index in [-0.39, 0.29) is 17.8 Å². The Kier molecular flexibility index (Phi) is 2.49. The molecule has 1 aliphatic heterocycles. The molecule has 6 nitrogen and oxygen atoms in total. The topological polar surface area (TPSA) is 100 Å². The van der Waals surface area contributed by atoms with Crippen LogP contribution in [0.3, 0.4) is 0 Å². The standard InChI is InChI=1S/C13H12N4O2/c14-8-5-10-12(15-6-8)16-11(17-13(10)19)7-1-3-9(18)4-2-7/h1-6,11,18H,14H2,(H,15,16)(H,17,19). The molecule has 0 fully saturated rings. The number of hydrogen-bond acceptors (Lipinski definition) is 5. The minimum absolute atomic E-state index is 0.178. The molecule has 0 saturated heterocycles. The van der Waals surface area contributed by atoms with Crippen molar-refractivity contribution in [3.8, 4) is 5.75 Å². The Bertz CT molecular complexity index is 640. The van der Waals surface area contributed by atoms with Gasteiger partial charge in [-0.25, -0.2) is 4.98 Å². The predicted molar refractivity (Wildman–Crippen MR) is 70.6 cm³/mol. The summed E-state index contributed by atoms with van der Waals surface area (Å²) in [6.07, 6.45) is 1.12. The quantitative estimate of drug-likeness (QED) is 0.614. The van der Waals surface area contributed by atoms with Gasteiger partial charge in [0.1, 0.15) is 17.7 Å². The molecule has 0 bridgehead atoms. The number of rotatable bonds is 1. The first kappa shape index (κ1) is 11.3. The molecule has 0 radical (unpaired) electrons. The molecule has 1 unspecified atom stereocenters.